The van der Waals surface area contributed by atoms with Crippen LogP contribution in [0.3, 0.4) is 0 Å². The highest BCUT2D eigenvalue weighted by atomic mass is 15.2. The van der Waals surface area contributed by atoms with Gasteiger partial charge in [-0.25, -0.2) is 4.98 Å². The summed E-state index contributed by atoms with van der Waals surface area (Å²) in [5.41, 5.74) is 5.03. The molecule has 0 saturated carbocycles. The zero-order chi connectivity index (χ0) is 21.1. The Bertz CT molecular complexity index is 975. The van der Waals surface area contributed by atoms with Crippen LogP contribution >= 0.6 is 0 Å². The number of fused-ring (bicyclic) bond motifs is 2. The Morgan fingerprint density at radius 2 is 1.97 bits per heavy atom. The number of rotatable bonds is 8. The van der Waals surface area contributed by atoms with Crippen LogP contribution in [0.25, 0.3) is 11.0 Å². The minimum atomic E-state index is 0.366. The van der Waals surface area contributed by atoms with Crippen molar-refractivity contribution in [3.63, 3.8) is 0 Å². The summed E-state index contributed by atoms with van der Waals surface area (Å²) >= 11 is 0. The summed E-state index contributed by atoms with van der Waals surface area (Å²) in [6.07, 6.45) is 6.62. The highest BCUT2D eigenvalue weighted by molar-refractivity contribution is 5.75. The Kier molecular flexibility index (Phi) is 6.49. The number of pyridine rings is 1. The predicted octanol–water partition coefficient (Wildman–Crippen LogP) is 4.67. The van der Waals surface area contributed by atoms with Gasteiger partial charge in [-0.05, 0) is 83.9 Å². The lowest BCUT2D eigenvalue weighted by atomic mass is 9.90. The molecule has 160 valence electrons. The highest BCUT2D eigenvalue weighted by Gasteiger charge is 2.30. The molecule has 1 aliphatic carbocycles. The van der Waals surface area contributed by atoms with E-state index in [9.17, 15) is 0 Å². The first-order chi connectivity index (χ1) is 14.5. The number of aryl methyl sites for hydroxylation is 2. The molecule has 1 aliphatic rings. The van der Waals surface area contributed by atoms with Crippen molar-refractivity contribution >= 4 is 11.0 Å². The Balaban J connectivity index is 1.66. The van der Waals surface area contributed by atoms with Gasteiger partial charge in [0, 0.05) is 18.8 Å². The van der Waals surface area contributed by atoms with Crippen molar-refractivity contribution in [2.45, 2.75) is 64.7 Å². The van der Waals surface area contributed by atoms with Crippen LogP contribution in [0.4, 0.5) is 0 Å². The van der Waals surface area contributed by atoms with Crippen molar-refractivity contribution in [3.8, 4) is 0 Å². The molecule has 1 atom stereocenters. The van der Waals surface area contributed by atoms with Gasteiger partial charge in [0.1, 0.15) is 5.82 Å². The van der Waals surface area contributed by atoms with E-state index in [-0.39, 0.29) is 0 Å². The molecule has 0 amide bonds. The first-order valence-electron chi connectivity index (χ1n) is 11.3. The fourth-order valence-corrected chi connectivity index (χ4v) is 4.76. The van der Waals surface area contributed by atoms with Crippen molar-refractivity contribution < 1.29 is 0 Å². The van der Waals surface area contributed by atoms with E-state index in [1.807, 2.05) is 6.20 Å². The molecule has 3 aromatic rings. The number of hydrogen-bond acceptors (Lipinski definition) is 4. The van der Waals surface area contributed by atoms with Gasteiger partial charge in [0.15, 0.2) is 0 Å². The second-order valence-electron chi connectivity index (χ2n) is 9.05. The van der Waals surface area contributed by atoms with Crippen LogP contribution in [0, 0.1) is 0 Å². The maximum Gasteiger partial charge on any atom is 0.124 e. The summed E-state index contributed by atoms with van der Waals surface area (Å²) in [6, 6.07) is 13.7. The Labute approximate surface area is 180 Å². The summed E-state index contributed by atoms with van der Waals surface area (Å²) in [5, 5.41) is 0. The van der Waals surface area contributed by atoms with Crippen molar-refractivity contribution in [1.82, 2.24) is 24.3 Å². The molecule has 1 unspecified atom stereocenters. The predicted molar refractivity (Wildman–Crippen MR) is 123 cm³/mol. The molecular weight excluding hydrogens is 370 g/mol. The molecule has 0 aliphatic heterocycles. The van der Waals surface area contributed by atoms with E-state index in [0.29, 0.717) is 12.1 Å². The van der Waals surface area contributed by atoms with E-state index in [1.54, 1.807) is 0 Å². The molecule has 0 N–H and O–H groups in total. The van der Waals surface area contributed by atoms with E-state index in [0.717, 1.165) is 38.0 Å². The minimum Gasteiger partial charge on any atom is -0.327 e. The number of nitrogens with zero attached hydrogens (tertiary/aromatic N) is 5. The fourth-order valence-electron chi connectivity index (χ4n) is 4.76. The maximum absolute atomic E-state index is 5.07. The molecule has 0 radical (unpaired) electrons. The summed E-state index contributed by atoms with van der Waals surface area (Å²) in [5.74, 6) is 1.17. The molecular formula is C25H35N5. The van der Waals surface area contributed by atoms with Gasteiger partial charge in [-0.3, -0.25) is 9.88 Å². The van der Waals surface area contributed by atoms with Crippen molar-refractivity contribution in [2.75, 3.05) is 20.6 Å². The van der Waals surface area contributed by atoms with Gasteiger partial charge in [-0.1, -0.05) is 18.2 Å². The van der Waals surface area contributed by atoms with Gasteiger partial charge in [-0.15, -0.1) is 0 Å². The maximum atomic E-state index is 5.07. The fraction of sp³-hybridized carbons (Fsp3) is 0.520. The van der Waals surface area contributed by atoms with Crippen LogP contribution in [0.15, 0.2) is 42.6 Å². The second-order valence-corrected chi connectivity index (χ2v) is 9.05. The van der Waals surface area contributed by atoms with Gasteiger partial charge >= 0.3 is 0 Å². The molecule has 0 bridgehead atoms. The van der Waals surface area contributed by atoms with Gasteiger partial charge in [0.2, 0.25) is 0 Å². The Morgan fingerprint density at radius 3 is 2.77 bits per heavy atom. The van der Waals surface area contributed by atoms with Crippen molar-refractivity contribution in [2.24, 2.45) is 0 Å². The third-order valence-electron chi connectivity index (χ3n) is 6.27. The number of aromatic nitrogens is 3. The summed E-state index contributed by atoms with van der Waals surface area (Å²) < 4.78 is 2.44. The molecule has 2 aromatic heterocycles. The molecule has 1 aromatic carbocycles. The summed E-state index contributed by atoms with van der Waals surface area (Å²) in [4.78, 5) is 14.7. The number of hydrogen-bond donors (Lipinski definition) is 0. The van der Waals surface area contributed by atoms with Crippen LogP contribution in [-0.4, -0.2) is 51.0 Å². The van der Waals surface area contributed by atoms with Crippen LogP contribution in [0.5, 0.6) is 0 Å². The standard InChI is InChI=1S/C25H35N5/c1-19(2)30(23-14-7-10-20-11-8-15-26-25(20)23)18-24-27-21-12-5-6-13-22(21)29(24)17-9-16-28(3)4/h5-6,8,11-13,15,19,23H,7,9-10,14,16-18H2,1-4H3. The minimum absolute atomic E-state index is 0.366. The topological polar surface area (TPSA) is 37.2 Å². The number of benzene rings is 1. The van der Waals surface area contributed by atoms with Crippen LogP contribution in [-0.2, 0) is 19.5 Å². The van der Waals surface area contributed by atoms with Crippen LogP contribution < -0.4 is 0 Å². The third-order valence-corrected chi connectivity index (χ3v) is 6.27. The van der Waals surface area contributed by atoms with E-state index in [4.69, 9.17) is 9.97 Å². The average molecular weight is 406 g/mol. The molecule has 4 rings (SSSR count). The van der Waals surface area contributed by atoms with E-state index in [1.165, 1.54) is 35.4 Å². The monoisotopic (exact) mass is 405 g/mol. The van der Waals surface area contributed by atoms with Gasteiger partial charge in [-0.2, -0.15) is 0 Å². The largest absolute Gasteiger partial charge is 0.327 e. The zero-order valence-corrected chi connectivity index (χ0v) is 18.9. The molecule has 0 spiro atoms. The Morgan fingerprint density at radius 1 is 1.13 bits per heavy atom. The smallest absolute Gasteiger partial charge is 0.124 e. The zero-order valence-electron chi connectivity index (χ0n) is 18.9. The second kappa shape index (κ2) is 9.27. The highest BCUT2D eigenvalue weighted by Crippen LogP contribution is 2.35. The quantitative estimate of drug-likeness (QED) is 0.546. The van der Waals surface area contributed by atoms with Gasteiger partial charge < -0.3 is 9.47 Å². The average Bonchev–Trinajstić information content (AvgIpc) is 3.08. The van der Waals surface area contributed by atoms with Gasteiger partial charge in [0.05, 0.1) is 29.3 Å². The first kappa shape index (κ1) is 21.0. The molecule has 5 heteroatoms. The van der Waals surface area contributed by atoms with Crippen LogP contribution in [0.2, 0.25) is 0 Å². The van der Waals surface area contributed by atoms with Gasteiger partial charge in [0.25, 0.3) is 0 Å². The van der Waals surface area contributed by atoms with Crippen LogP contribution in [0.1, 0.15) is 56.2 Å². The Hall–Kier alpha value is -2.24. The van der Waals surface area contributed by atoms with E-state index < -0.39 is 0 Å². The molecule has 0 saturated heterocycles. The molecule has 30 heavy (non-hydrogen) atoms. The third kappa shape index (κ3) is 4.42. The van der Waals surface area contributed by atoms with Crippen molar-refractivity contribution in [1.29, 1.82) is 0 Å². The molecule has 2 heterocycles. The van der Waals surface area contributed by atoms with E-state index in [2.05, 4.69) is 78.7 Å². The summed E-state index contributed by atoms with van der Waals surface area (Å²) in [7, 11) is 4.28. The molecule has 5 nitrogen and oxygen atoms in total. The lowest BCUT2D eigenvalue weighted by Gasteiger charge is -2.37. The SMILES string of the molecule is CC(C)N(Cc1nc2ccccc2n1CCCN(C)C)C1CCCc2cccnc21. The number of imidazole rings is 1. The number of para-hydroxylation sites is 2. The van der Waals surface area contributed by atoms with E-state index >= 15 is 0 Å². The lowest BCUT2D eigenvalue weighted by Crippen LogP contribution is -2.37. The first-order valence-corrected chi connectivity index (χ1v) is 11.3. The summed E-state index contributed by atoms with van der Waals surface area (Å²) in [6.45, 7) is 7.54. The molecule has 0 fully saturated rings. The normalized spacial score (nSPS) is 16.7. The van der Waals surface area contributed by atoms with Crippen molar-refractivity contribution in [3.05, 3.63) is 59.7 Å². The lowest BCUT2D eigenvalue weighted by molar-refractivity contribution is 0.120.